The number of rotatable bonds is 5. The fourth-order valence-corrected chi connectivity index (χ4v) is 3.97. The van der Waals surface area contributed by atoms with Crippen LogP contribution in [0.15, 0.2) is 30.3 Å². The highest BCUT2D eigenvalue weighted by molar-refractivity contribution is 7.89. The summed E-state index contributed by atoms with van der Waals surface area (Å²) in [5, 5.41) is 3.25. The second-order valence-electron chi connectivity index (χ2n) is 5.47. The molecule has 0 bridgehead atoms. The van der Waals surface area contributed by atoms with Crippen molar-refractivity contribution in [1.29, 1.82) is 0 Å². The molecule has 0 atom stereocenters. The predicted octanol–water partition coefficient (Wildman–Crippen LogP) is 1.29. The molecule has 0 radical (unpaired) electrons. The minimum Gasteiger partial charge on any atom is -0.317 e. The molecular formula is C14H22N2O2S. The fraction of sp³-hybridized carbons (Fsp3) is 0.571. The van der Waals surface area contributed by atoms with Crippen LogP contribution in [0.4, 0.5) is 0 Å². The fourth-order valence-electron chi connectivity index (χ4n) is 2.40. The van der Waals surface area contributed by atoms with Gasteiger partial charge in [0.05, 0.1) is 5.75 Å². The van der Waals surface area contributed by atoms with Gasteiger partial charge in [0.25, 0.3) is 0 Å². The lowest BCUT2D eigenvalue weighted by Crippen LogP contribution is -2.52. The zero-order chi connectivity index (χ0) is 13.8. The van der Waals surface area contributed by atoms with Crippen molar-refractivity contribution in [3.05, 3.63) is 35.9 Å². The second kappa shape index (κ2) is 6.03. The molecule has 19 heavy (non-hydrogen) atoms. The van der Waals surface area contributed by atoms with Crippen LogP contribution < -0.4 is 10.0 Å². The largest absolute Gasteiger partial charge is 0.317 e. The van der Waals surface area contributed by atoms with Crippen LogP contribution in [0.25, 0.3) is 0 Å². The van der Waals surface area contributed by atoms with Crippen molar-refractivity contribution in [2.45, 2.75) is 31.7 Å². The molecule has 1 heterocycles. The summed E-state index contributed by atoms with van der Waals surface area (Å²) in [5.74, 6) is 0.153. The lowest BCUT2D eigenvalue weighted by atomic mass is 9.92. The molecule has 0 aliphatic carbocycles. The first-order valence-electron chi connectivity index (χ1n) is 6.75. The van der Waals surface area contributed by atoms with Crippen molar-refractivity contribution in [3.8, 4) is 0 Å². The van der Waals surface area contributed by atoms with E-state index < -0.39 is 10.0 Å². The van der Waals surface area contributed by atoms with Crippen molar-refractivity contribution < 1.29 is 8.42 Å². The highest BCUT2D eigenvalue weighted by Crippen LogP contribution is 2.18. The van der Waals surface area contributed by atoms with Gasteiger partial charge in [-0.15, -0.1) is 0 Å². The maximum absolute atomic E-state index is 12.1. The molecule has 0 aromatic heterocycles. The Kier molecular flexibility index (Phi) is 4.60. The Balaban J connectivity index is 1.91. The van der Waals surface area contributed by atoms with Gasteiger partial charge in [0.15, 0.2) is 0 Å². The topological polar surface area (TPSA) is 58.2 Å². The number of nitrogens with one attached hydrogen (secondary N) is 2. The molecule has 5 heteroatoms. The summed E-state index contributed by atoms with van der Waals surface area (Å²) < 4.78 is 27.2. The molecule has 1 fully saturated rings. The number of hydrogen-bond donors (Lipinski definition) is 2. The Morgan fingerprint density at radius 3 is 2.47 bits per heavy atom. The molecule has 1 aliphatic heterocycles. The van der Waals surface area contributed by atoms with E-state index in [0.717, 1.165) is 31.5 Å². The van der Waals surface area contributed by atoms with Crippen molar-refractivity contribution in [2.24, 2.45) is 0 Å². The van der Waals surface area contributed by atoms with E-state index in [4.69, 9.17) is 0 Å². The van der Waals surface area contributed by atoms with Crippen molar-refractivity contribution in [3.63, 3.8) is 0 Å². The number of piperidine rings is 1. The van der Waals surface area contributed by atoms with Gasteiger partial charge in [0.2, 0.25) is 10.0 Å². The summed E-state index contributed by atoms with van der Waals surface area (Å²) in [7, 11) is -3.22. The summed E-state index contributed by atoms with van der Waals surface area (Å²) in [4.78, 5) is 0. The normalized spacial score (nSPS) is 19.2. The summed E-state index contributed by atoms with van der Waals surface area (Å²) in [6, 6.07) is 9.73. The van der Waals surface area contributed by atoms with Crippen LogP contribution in [0.3, 0.4) is 0 Å². The molecule has 0 amide bonds. The van der Waals surface area contributed by atoms with Crippen LogP contribution in [-0.4, -0.2) is 32.8 Å². The predicted molar refractivity (Wildman–Crippen MR) is 77.6 cm³/mol. The first-order valence-corrected chi connectivity index (χ1v) is 8.41. The molecule has 106 valence electrons. The quantitative estimate of drug-likeness (QED) is 0.855. The highest BCUT2D eigenvalue weighted by atomic mass is 32.2. The molecule has 4 nitrogen and oxygen atoms in total. The molecule has 2 rings (SSSR count). The van der Waals surface area contributed by atoms with Gasteiger partial charge in [0, 0.05) is 5.54 Å². The summed E-state index contributed by atoms with van der Waals surface area (Å²) in [6.07, 6.45) is 2.25. The van der Waals surface area contributed by atoms with Crippen LogP contribution in [0.1, 0.15) is 25.3 Å². The van der Waals surface area contributed by atoms with Gasteiger partial charge >= 0.3 is 0 Å². The van der Waals surface area contributed by atoms with Gasteiger partial charge < -0.3 is 5.32 Å². The highest BCUT2D eigenvalue weighted by Gasteiger charge is 2.30. The lowest BCUT2D eigenvalue weighted by Gasteiger charge is -2.34. The number of benzene rings is 1. The standard InChI is InChI=1S/C14H22N2O2S/c1-14(8-10-15-11-9-14)16-19(17,18)12-7-13-5-3-2-4-6-13/h2-6,15-16H,7-12H2,1H3. The molecule has 0 unspecified atom stereocenters. The monoisotopic (exact) mass is 282 g/mol. The molecule has 1 aromatic carbocycles. The Morgan fingerprint density at radius 2 is 1.84 bits per heavy atom. The van der Waals surface area contributed by atoms with Crippen LogP contribution >= 0.6 is 0 Å². The first-order chi connectivity index (χ1) is 8.99. The van der Waals surface area contributed by atoms with Gasteiger partial charge in [-0.2, -0.15) is 0 Å². The Hall–Kier alpha value is -0.910. The average Bonchev–Trinajstić information content (AvgIpc) is 2.37. The van der Waals surface area contributed by atoms with E-state index in [0.29, 0.717) is 6.42 Å². The number of sulfonamides is 1. The summed E-state index contributed by atoms with van der Waals surface area (Å²) in [6.45, 7) is 3.74. The van der Waals surface area contributed by atoms with Crippen LogP contribution in [0, 0.1) is 0 Å². The molecule has 0 saturated carbocycles. The van der Waals surface area contributed by atoms with Crippen molar-refractivity contribution in [1.82, 2.24) is 10.0 Å². The SMILES string of the molecule is CC1(NS(=O)(=O)CCc2ccccc2)CCNCC1. The van der Waals surface area contributed by atoms with E-state index in [2.05, 4.69) is 10.0 Å². The van der Waals surface area contributed by atoms with Crippen LogP contribution in [0.2, 0.25) is 0 Å². The maximum Gasteiger partial charge on any atom is 0.212 e. The Bertz CT molecular complexity index is 493. The van der Waals surface area contributed by atoms with Gasteiger partial charge in [-0.05, 0) is 44.8 Å². The second-order valence-corrected chi connectivity index (χ2v) is 7.31. The zero-order valence-electron chi connectivity index (χ0n) is 11.4. The first kappa shape index (κ1) is 14.5. The molecule has 1 aliphatic rings. The van der Waals surface area contributed by atoms with Gasteiger partial charge in [-0.3, -0.25) is 0 Å². The molecule has 1 aromatic rings. The Morgan fingerprint density at radius 1 is 1.21 bits per heavy atom. The third-order valence-electron chi connectivity index (χ3n) is 3.61. The average molecular weight is 282 g/mol. The number of hydrogen-bond acceptors (Lipinski definition) is 3. The minimum atomic E-state index is -3.22. The minimum absolute atomic E-state index is 0.153. The smallest absolute Gasteiger partial charge is 0.212 e. The van der Waals surface area contributed by atoms with E-state index in [1.807, 2.05) is 37.3 Å². The summed E-state index contributed by atoms with van der Waals surface area (Å²) in [5.41, 5.74) is 0.768. The number of aryl methyl sites for hydroxylation is 1. The van der Waals surface area contributed by atoms with Crippen molar-refractivity contribution >= 4 is 10.0 Å². The summed E-state index contributed by atoms with van der Waals surface area (Å²) >= 11 is 0. The van der Waals surface area contributed by atoms with E-state index in [9.17, 15) is 8.42 Å². The van der Waals surface area contributed by atoms with Gasteiger partial charge in [-0.25, -0.2) is 13.1 Å². The van der Waals surface area contributed by atoms with E-state index in [1.54, 1.807) is 0 Å². The molecule has 2 N–H and O–H groups in total. The molecule has 0 spiro atoms. The van der Waals surface area contributed by atoms with Crippen LogP contribution in [0.5, 0.6) is 0 Å². The van der Waals surface area contributed by atoms with Crippen molar-refractivity contribution in [2.75, 3.05) is 18.8 Å². The van der Waals surface area contributed by atoms with Gasteiger partial charge in [0.1, 0.15) is 0 Å². The van der Waals surface area contributed by atoms with E-state index in [1.165, 1.54) is 0 Å². The van der Waals surface area contributed by atoms with Gasteiger partial charge in [-0.1, -0.05) is 30.3 Å². The van der Waals surface area contributed by atoms with E-state index in [-0.39, 0.29) is 11.3 Å². The molecular weight excluding hydrogens is 260 g/mol. The Labute approximate surface area is 115 Å². The lowest BCUT2D eigenvalue weighted by molar-refractivity contribution is 0.308. The zero-order valence-corrected chi connectivity index (χ0v) is 12.2. The molecule has 1 saturated heterocycles. The van der Waals surface area contributed by atoms with Crippen LogP contribution in [-0.2, 0) is 16.4 Å². The third kappa shape index (κ3) is 4.60. The van der Waals surface area contributed by atoms with E-state index >= 15 is 0 Å². The third-order valence-corrected chi connectivity index (χ3v) is 5.16. The maximum atomic E-state index is 12.1.